The molecule has 0 aliphatic rings. The first-order valence-electron chi connectivity index (χ1n) is 4.74. The lowest BCUT2D eigenvalue weighted by Crippen LogP contribution is -1.95. The van der Waals surface area contributed by atoms with E-state index >= 15 is 0 Å². The predicted octanol–water partition coefficient (Wildman–Crippen LogP) is 2.83. The highest BCUT2D eigenvalue weighted by molar-refractivity contribution is 6.56. The van der Waals surface area contributed by atoms with Crippen molar-refractivity contribution >= 4 is 8.80 Å². The molecule has 0 unspecified atom stereocenters. The first-order valence-corrected chi connectivity index (χ1v) is 7.86. The first kappa shape index (κ1) is 10.1. The van der Waals surface area contributed by atoms with Gasteiger partial charge in [0.25, 0.3) is 0 Å². The van der Waals surface area contributed by atoms with Crippen LogP contribution in [0.5, 0.6) is 0 Å². The minimum atomic E-state index is -0.495. The Kier molecular flexibility index (Phi) is 3.79. The Hall–Kier alpha value is -1.00. The smallest absolute Gasteiger partial charge is 0.0443 e. The molecule has 1 aromatic rings. The lowest BCUT2D eigenvalue weighted by molar-refractivity contribution is 1.46. The van der Waals surface area contributed by atoms with E-state index in [1.54, 1.807) is 0 Å². The zero-order valence-electron chi connectivity index (χ0n) is 8.59. The Labute approximate surface area is 82.6 Å². The van der Waals surface area contributed by atoms with Gasteiger partial charge in [-0.1, -0.05) is 36.7 Å². The summed E-state index contributed by atoms with van der Waals surface area (Å²) in [6.45, 7) is 6.74. The molecule has 0 fully saturated rings. The summed E-state index contributed by atoms with van der Waals surface area (Å²) in [7, 11) is -0.495. The molecule has 0 N–H and O–H groups in total. The van der Waals surface area contributed by atoms with Gasteiger partial charge in [-0.3, -0.25) is 0 Å². The molecule has 68 valence electrons. The van der Waals surface area contributed by atoms with E-state index in [1.807, 2.05) is 0 Å². The highest BCUT2D eigenvalue weighted by atomic mass is 28.3. The Balaban J connectivity index is 2.62. The molecule has 0 radical (unpaired) electrons. The molecule has 0 aliphatic heterocycles. The van der Waals surface area contributed by atoms with E-state index in [0.29, 0.717) is 0 Å². The van der Waals surface area contributed by atoms with Gasteiger partial charge in [0.15, 0.2) is 0 Å². The molecule has 0 saturated carbocycles. The van der Waals surface area contributed by atoms with Crippen LogP contribution in [0, 0.1) is 18.8 Å². The largest absolute Gasteiger partial charge is 0.101 e. The molecule has 0 aliphatic carbocycles. The van der Waals surface area contributed by atoms with Crippen molar-refractivity contribution in [2.24, 2.45) is 0 Å². The van der Waals surface area contributed by atoms with Crippen LogP contribution in [0.2, 0.25) is 19.1 Å². The Bertz CT molecular complexity index is 311. The van der Waals surface area contributed by atoms with Gasteiger partial charge in [-0.15, -0.1) is 5.92 Å². The molecule has 1 rings (SSSR count). The summed E-state index contributed by atoms with van der Waals surface area (Å²) >= 11 is 0. The van der Waals surface area contributed by atoms with Gasteiger partial charge in [0.1, 0.15) is 0 Å². The third kappa shape index (κ3) is 3.96. The third-order valence-corrected chi connectivity index (χ3v) is 2.82. The summed E-state index contributed by atoms with van der Waals surface area (Å²) in [5.74, 6) is 6.42. The summed E-state index contributed by atoms with van der Waals surface area (Å²) in [6, 6.07) is 9.51. The van der Waals surface area contributed by atoms with E-state index in [2.05, 4.69) is 56.1 Å². The number of benzene rings is 1. The van der Waals surface area contributed by atoms with Crippen LogP contribution in [0.15, 0.2) is 24.3 Å². The quantitative estimate of drug-likeness (QED) is 0.469. The number of hydrogen-bond donors (Lipinski definition) is 0. The van der Waals surface area contributed by atoms with Gasteiger partial charge in [0.2, 0.25) is 0 Å². The Morgan fingerprint density at radius 1 is 1.15 bits per heavy atom. The van der Waals surface area contributed by atoms with Gasteiger partial charge < -0.3 is 0 Å². The standard InChI is InChI=1S/C12H16Si/c1-11-6-8-12(9-7-11)5-4-10-13(2)3/h6-9,13H,10H2,1-3H3. The molecule has 1 heteroatoms. The minimum absolute atomic E-state index is 0.495. The van der Waals surface area contributed by atoms with E-state index in [4.69, 9.17) is 0 Å². The Morgan fingerprint density at radius 2 is 1.77 bits per heavy atom. The summed E-state index contributed by atoms with van der Waals surface area (Å²) < 4.78 is 0. The zero-order valence-corrected chi connectivity index (χ0v) is 9.75. The van der Waals surface area contributed by atoms with Gasteiger partial charge in [-0.25, -0.2) is 0 Å². The summed E-state index contributed by atoms with van der Waals surface area (Å²) in [5.41, 5.74) is 2.43. The van der Waals surface area contributed by atoms with Crippen molar-refractivity contribution in [2.75, 3.05) is 0 Å². The monoisotopic (exact) mass is 188 g/mol. The van der Waals surface area contributed by atoms with E-state index < -0.39 is 8.80 Å². The average molecular weight is 188 g/mol. The van der Waals surface area contributed by atoms with Crippen molar-refractivity contribution in [1.82, 2.24) is 0 Å². The van der Waals surface area contributed by atoms with Gasteiger partial charge >= 0.3 is 0 Å². The zero-order chi connectivity index (χ0) is 9.68. The van der Waals surface area contributed by atoms with Crippen LogP contribution in [0.3, 0.4) is 0 Å². The number of hydrogen-bond acceptors (Lipinski definition) is 0. The molecule has 0 amide bonds. The van der Waals surface area contributed by atoms with Crippen molar-refractivity contribution in [1.29, 1.82) is 0 Å². The molecule has 0 nitrogen and oxygen atoms in total. The second-order valence-corrected chi connectivity index (χ2v) is 6.96. The predicted molar refractivity (Wildman–Crippen MR) is 61.7 cm³/mol. The molecule has 0 heterocycles. The molecule has 0 aromatic heterocycles. The van der Waals surface area contributed by atoms with Crippen molar-refractivity contribution in [3.8, 4) is 11.8 Å². The maximum absolute atomic E-state index is 3.23. The van der Waals surface area contributed by atoms with E-state index in [0.717, 1.165) is 11.6 Å². The van der Waals surface area contributed by atoms with E-state index in [-0.39, 0.29) is 0 Å². The highest BCUT2D eigenvalue weighted by Crippen LogP contribution is 2.01. The molecule has 0 saturated heterocycles. The van der Waals surface area contributed by atoms with Crippen molar-refractivity contribution < 1.29 is 0 Å². The fraction of sp³-hybridized carbons (Fsp3) is 0.333. The molecule has 0 spiro atoms. The summed E-state index contributed by atoms with van der Waals surface area (Å²) in [6.07, 6.45) is 0. The van der Waals surface area contributed by atoms with Gasteiger partial charge in [-0.05, 0) is 19.1 Å². The van der Waals surface area contributed by atoms with Crippen LogP contribution in [-0.2, 0) is 0 Å². The maximum Gasteiger partial charge on any atom is 0.0443 e. The number of rotatable bonds is 1. The van der Waals surface area contributed by atoms with Crippen LogP contribution in [0.4, 0.5) is 0 Å². The second-order valence-electron chi connectivity index (χ2n) is 3.77. The van der Waals surface area contributed by atoms with Gasteiger partial charge in [0, 0.05) is 20.4 Å². The van der Waals surface area contributed by atoms with Gasteiger partial charge in [-0.2, -0.15) is 0 Å². The van der Waals surface area contributed by atoms with Crippen LogP contribution >= 0.6 is 0 Å². The maximum atomic E-state index is 3.23. The minimum Gasteiger partial charge on any atom is -0.101 e. The van der Waals surface area contributed by atoms with Crippen molar-refractivity contribution in [3.05, 3.63) is 35.4 Å². The Morgan fingerprint density at radius 3 is 2.31 bits per heavy atom. The highest BCUT2D eigenvalue weighted by Gasteiger charge is 1.89. The second kappa shape index (κ2) is 4.89. The fourth-order valence-electron chi connectivity index (χ4n) is 0.994. The van der Waals surface area contributed by atoms with Crippen molar-refractivity contribution in [2.45, 2.75) is 26.1 Å². The van der Waals surface area contributed by atoms with E-state index in [1.165, 1.54) is 5.56 Å². The summed E-state index contributed by atoms with van der Waals surface area (Å²) in [5, 5.41) is 0. The normalized spacial score (nSPS) is 9.54. The molecular weight excluding hydrogens is 172 g/mol. The molecular formula is C12H16Si. The average Bonchev–Trinajstić information content (AvgIpc) is 2.08. The lowest BCUT2D eigenvalue weighted by atomic mass is 10.2. The van der Waals surface area contributed by atoms with Crippen LogP contribution in [-0.4, -0.2) is 8.80 Å². The van der Waals surface area contributed by atoms with Crippen molar-refractivity contribution in [3.63, 3.8) is 0 Å². The molecule has 0 bridgehead atoms. The van der Waals surface area contributed by atoms with E-state index in [9.17, 15) is 0 Å². The van der Waals surface area contributed by atoms with Crippen LogP contribution < -0.4 is 0 Å². The number of aryl methyl sites for hydroxylation is 1. The molecule has 1 aromatic carbocycles. The lowest BCUT2D eigenvalue weighted by Gasteiger charge is -1.93. The van der Waals surface area contributed by atoms with Gasteiger partial charge in [0.05, 0.1) is 0 Å². The first-order chi connectivity index (χ1) is 6.18. The summed E-state index contributed by atoms with van der Waals surface area (Å²) in [4.78, 5) is 0. The topological polar surface area (TPSA) is 0 Å². The fourth-order valence-corrected chi connectivity index (χ4v) is 1.50. The molecule has 0 atom stereocenters. The molecule has 13 heavy (non-hydrogen) atoms. The SMILES string of the molecule is Cc1ccc(C#CC[SiH](C)C)cc1. The van der Waals surface area contributed by atoms with Crippen LogP contribution in [0.1, 0.15) is 11.1 Å². The third-order valence-electron chi connectivity index (χ3n) is 1.79. The van der Waals surface area contributed by atoms with Crippen LogP contribution in [0.25, 0.3) is 0 Å².